The number of nitrogens with zero attached hydrogens (tertiary/aromatic N) is 5. The van der Waals surface area contributed by atoms with Crippen LogP contribution in [0.5, 0.6) is 0 Å². The van der Waals surface area contributed by atoms with Crippen LogP contribution in [0.1, 0.15) is 27.1 Å². The second kappa shape index (κ2) is 10.9. The molecule has 0 atom stereocenters. The van der Waals surface area contributed by atoms with Gasteiger partial charge in [0.15, 0.2) is 5.16 Å². The van der Waals surface area contributed by atoms with E-state index in [2.05, 4.69) is 43.8 Å². The van der Waals surface area contributed by atoms with Gasteiger partial charge in [0.05, 0.1) is 21.1 Å². The number of rotatable bonds is 6. The zero-order valence-corrected chi connectivity index (χ0v) is 25.3. The standard InChI is InChI=1S/C31H25Cl2N5OS2/c1-19-7-10-22(11-8-19)37-28(39)27-23-13-14-36(16-20-5-3-2-4-6-20)17-26(23)41-29(27)38-30(37)34-35-31(38)40-18-21-9-12-24(32)25(33)15-21/h2-12,15H,13-14,16-18H2,1H3. The molecule has 10 heteroatoms. The first-order valence-corrected chi connectivity index (χ1v) is 15.9. The minimum absolute atomic E-state index is 0.0428. The molecule has 0 amide bonds. The van der Waals surface area contributed by atoms with Crippen molar-refractivity contribution in [3.8, 4) is 5.69 Å². The lowest BCUT2D eigenvalue weighted by Gasteiger charge is -2.26. The largest absolute Gasteiger partial charge is 0.294 e. The van der Waals surface area contributed by atoms with Gasteiger partial charge in [-0.3, -0.25) is 9.69 Å². The summed E-state index contributed by atoms with van der Waals surface area (Å²) in [7, 11) is 0. The predicted molar refractivity (Wildman–Crippen MR) is 169 cm³/mol. The lowest BCUT2D eigenvalue weighted by molar-refractivity contribution is 0.249. The van der Waals surface area contributed by atoms with E-state index in [0.717, 1.165) is 63.8 Å². The number of hydrogen-bond acceptors (Lipinski definition) is 6. The second-order valence-corrected chi connectivity index (χ2v) is 13.1. The maximum Gasteiger partial charge on any atom is 0.268 e. The van der Waals surface area contributed by atoms with Crippen LogP contribution in [0.2, 0.25) is 10.0 Å². The molecule has 0 spiro atoms. The third-order valence-electron chi connectivity index (χ3n) is 7.45. The van der Waals surface area contributed by atoms with Crippen molar-refractivity contribution in [2.45, 2.75) is 37.3 Å². The molecule has 0 N–H and O–H groups in total. The number of hydrogen-bond donors (Lipinski definition) is 0. The molecule has 0 unspecified atom stereocenters. The average molecular weight is 619 g/mol. The number of aromatic nitrogens is 4. The molecule has 0 aliphatic carbocycles. The van der Waals surface area contributed by atoms with Gasteiger partial charge in [0.1, 0.15) is 4.83 Å². The van der Waals surface area contributed by atoms with Crippen LogP contribution in [0.15, 0.2) is 82.7 Å². The zero-order valence-electron chi connectivity index (χ0n) is 22.2. The highest BCUT2D eigenvalue weighted by molar-refractivity contribution is 7.98. The van der Waals surface area contributed by atoms with Gasteiger partial charge in [0.2, 0.25) is 5.78 Å². The summed E-state index contributed by atoms with van der Waals surface area (Å²) in [6.45, 7) is 4.63. The van der Waals surface area contributed by atoms with E-state index in [-0.39, 0.29) is 5.56 Å². The van der Waals surface area contributed by atoms with E-state index in [0.29, 0.717) is 21.6 Å². The molecule has 0 radical (unpaired) electrons. The van der Waals surface area contributed by atoms with Gasteiger partial charge in [-0.1, -0.05) is 89.1 Å². The molecule has 1 aliphatic heterocycles. The first-order valence-electron chi connectivity index (χ1n) is 13.3. The zero-order chi connectivity index (χ0) is 28.1. The molecular formula is C31H25Cl2N5OS2. The Morgan fingerprint density at radius 1 is 0.951 bits per heavy atom. The Balaban J connectivity index is 1.35. The summed E-state index contributed by atoms with van der Waals surface area (Å²) in [6, 6.07) is 24.2. The molecule has 0 saturated heterocycles. The third-order valence-corrected chi connectivity index (χ3v) is 10.4. The maximum absolute atomic E-state index is 14.2. The van der Waals surface area contributed by atoms with Crippen molar-refractivity contribution in [2.75, 3.05) is 6.54 Å². The van der Waals surface area contributed by atoms with Crippen LogP contribution >= 0.6 is 46.3 Å². The lowest BCUT2D eigenvalue weighted by atomic mass is 10.0. The van der Waals surface area contributed by atoms with Crippen molar-refractivity contribution in [1.29, 1.82) is 0 Å². The van der Waals surface area contributed by atoms with E-state index in [9.17, 15) is 4.79 Å². The molecule has 41 heavy (non-hydrogen) atoms. The van der Waals surface area contributed by atoms with Crippen molar-refractivity contribution < 1.29 is 0 Å². The lowest BCUT2D eigenvalue weighted by Crippen LogP contribution is -2.30. The molecule has 0 saturated carbocycles. The number of fused-ring (bicyclic) bond motifs is 5. The molecular weight excluding hydrogens is 593 g/mol. The van der Waals surface area contributed by atoms with Crippen molar-refractivity contribution in [3.05, 3.63) is 120 Å². The molecule has 1 aliphatic rings. The molecule has 6 nitrogen and oxygen atoms in total. The Morgan fingerprint density at radius 3 is 2.54 bits per heavy atom. The van der Waals surface area contributed by atoms with E-state index in [1.807, 2.05) is 55.5 Å². The third kappa shape index (κ3) is 4.98. The quantitative estimate of drug-likeness (QED) is 0.180. The average Bonchev–Trinajstić information content (AvgIpc) is 3.57. The fourth-order valence-corrected chi connectivity index (χ4v) is 8.02. The van der Waals surface area contributed by atoms with E-state index < -0.39 is 0 Å². The minimum atomic E-state index is -0.0428. The number of thioether (sulfide) groups is 1. The molecule has 3 aromatic heterocycles. The number of halogens is 2. The van der Waals surface area contributed by atoms with Crippen LogP contribution in [0.3, 0.4) is 0 Å². The van der Waals surface area contributed by atoms with Gasteiger partial charge in [-0.15, -0.1) is 21.5 Å². The Kier molecular flexibility index (Phi) is 7.13. The first kappa shape index (κ1) is 26.7. The molecule has 206 valence electrons. The summed E-state index contributed by atoms with van der Waals surface area (Å²) >= 11 is 15.7. The van der Waals surface area contributed by atoms with E-state index >= 15 is 0 Å². The molecule has 7 rings (SSSR count). The highest BCUT2D eigenvalue weighted by atomic mass is 35.5. The van der Waals surface area contributed by atoms with Crippen molar-refractivity contribution in [2.24, 2.45) is 0 Å². The van der Waals surface area contributed by atoms with Gasteiger partial charge in [0.25, 0.3) is 5.56 Å². The van der Waals surface area contributed by atoms with E-state index in [1.54, 1.807) is 27.7 Å². The van der Waals surface area contributed by atoms with Gasteiger partial charge in [-0.25, -0.2) is 8.97 Å². The fourth-order valence-electron chi connectivity index (χ4n) is 5.38. The van der Waals surface area contributed by atoms with Crippen LogP contribution < -0.4 is 5.56 Å². The summed E-state index contributed by atoms with van der Waals surface area (Å²) in [5.41, 5.74) is 5.34. The highest BCUT2D eigenvalue weighted by Crippen LogP contribution is 2.37. The fraction of sp³-hybridized carbons (Fsp3) is 0.194. The summed E-state index contributed by atoms with van der Waals surface area (Å²) in [5.74, 6) is 1.15. The summed E-state index contributed by atoms with van der Waals surface area (Å²) in [4.78, 5) is 18.8. The number of thiophene rings is 1. The van der Waals surface area contributed by atoms with Crippen LogP contribution in [0, 0.1) is 6.92 Å². The van der Waals surface area contributed by atoms with Gasteiger partial charge in [-0.2, -0.15) is 0 Å². The van der Waals surface area contributed by atoms with Crippen LogP contribution in [0.25, 0.3) is 21.7 Å². The Labute approximate surface area is 255 Å². The Morgan fingerprint density at radius 2 is 1.76 bits per heavy atom. The van der Waals surface area contributed by atoms with Crippen molar-refractivity contribution in [1.82, 2.24) is 24.1 Å². The molecule has 0 fully saturated rings. The molecule has 0 bridgehead atoms. The van der Waals surface area contributed by atoms with E-state index in [4.69, 9.17) is 23.2 Å². The number of benzene rings is 3. The van der Waals surface area contributed by atoms with Crippen molar-refractivity contribution in [3.63, 3.8) is 0 Å². The predicted octanol–water partition coefficient (Wildman–Crippen LogP) is 7.56. The molecule has 4 heterocycles. The summed E-state index contributed by atoms with van der Waals surface area (Å²) in [5, 5.41) is 11.7. The topological polar surface area (TPSA) is 55.4 Å². The summed E-state index contributed by atoms with van der Waals surface area (Å²) < 4.78 is 3.77. The first-order chi connectivity index (χ1) is 20.0. The molecule has 3 aromatic carbocycles. The Bertz CT molecular complexity index is 1970. The smallest absolute Gasteiger partial charge is 0.268 e. The van der Waals surface area contributed by atoms with E-state index in [1.165, 1.54) is 10.4 Å². The normalized spacial score (nSPS) is 13.7. The maximum atomic E-state index is 14.2. The number of aryl methyl sites for hydroxylation is 1. The van der Waals surface area contributed by atoms with Crippen LogP contribution in [-0.4, -0.2) is 30.6 Å². The van der Waals surface area contributed by atoms with Gasteiger partial charge in [0, 0.05) is 30.3 Å². The highest BCUT2D eigenvalue weighted by Gasteiger charge is 2.27. The van der Waals surface area contributed by atoms with Gasteiger partial charge >= 0.3 is 0 Å². The monoisotopic (exact) mass is 617 g/mol. The minimum Gasteiger partial charge on any atom is -0.294 e. The van der Waals surface area contributed by atoms with Gasteiger partial charge < -0.3 is 0 Å². The van der Waals surface area contributed by atoms with Crippen molar-refractivity contribution >= 4 is 62.3 Å². The second-order valence-electron chi connectivity index (χ2n) is 10.3. The van der Waals surface area contributed by atoms with Crippen LogP contribution in [-0.2, 0) is 25.3 Å². The van der Waals surface area contributed by atoms with Gasteiger partial charge in [-0.05, 0) is 54.3 Å². The van der Waals surface area contributed by atoms with Crippen LogP contribution in [0.4, 0.5) is 0 Å². The molecule has 6 aromatic rings. The Hall–Kier alpha value is -3.14. The summed E-state index contributed by atoms with van der Waals surface area (Å²) in [6.07, 6.45) is 0.824. The SMILES string of the molecule is Cc1ccc(-n2c(=O)c3c4c(sc3n3c(SCc5ccc(Cl)c(Cl)c5)nnc23)CN(Cc2ccccc2)CC4)cc1.